The molecule has 0 aliphatic carbocycles. The van der Waals surface area contributed by atoms with E-state index in [1.54, 1.807) is 12.1 Å². The lowest BCUT2D eigenvalue weighted by Gasteiger charge is -2.27. The van der Waals surface area contributed by atoms with Gasteiger partial charge in [-0.2, -0.15) is 0 Å². The molecule has 3 aromatic rings. The highest BCUT2D eigenvalue weighted by molar-refractivity contribution is 6.33. The monoisotopic (exact) mass is 344 g/mol. The van der Waals surface area contributed by atoms with E-state index >= 15 is 0 Å². The number of hydrogen-bond donors (Lipinski definition) is 1. The SMILES string of the molecule is O=C(c1ccccc1Cl)N1CCc2[nH]c3cc(Cl)ccc3c2C1. The van der Waals surface area contributed by atoms with Crippen LogP contribution in [0, 0.1) is 0 Å². The van der Waals surface area contributed by atoms with Gasteiger partial charge in [0.05, 0.1) is 10.6 Å². The van der Waals surface area contributed by atoms with E-state index in [1.807, 2.05) is 35.2 Å². The van der Waals surface area contributed by atoms with Crippen molar-refractivity contribution in [2.24, 2.45) is 0 Å². The Morgan fingerprint density at radius 3 is 2.78 bits per heavy atom. The molecule has 5 heteroatoms. The maximum Gasteiger partial charge on any atom is 0.255 e. The third kappa shape index (κ3) is 2.50. The number of hydrogen-bond acceptors (Lipinski definition) is 1. The van der Waals surface area contributed by atoms with Crippen molar-refractivity contribution in [3.8, 4) is 0 Å². The minimum Gasteiger partial charge on any atom is -0.358 e. The highest BCUT2D eigenvalue weighted by atomic mass is 35.5. The molecule has 1 aliphatic rings. The Labute approximate surface area is 143 Å². The number of carbonyl (C=O) groups excluding carboxylic acids is 1. The molecule has 0 fully saturated rings. The first-order valence-electron chi connectivity index (χ1n) is 7.46. The molecule has 116 valence electrons. The van der Waals surface area contributed by atoms with Crippen molar-refractivity contribution in [1.29, 1.82) is 0 Å². The van der Waals surface area contributed by atoms with Crippen molar-refractivity contribution in [2.45, 2.75) is 13.0 Å². The topological polar surface area (TPSA) is 36.1 Å². The van der Waals surface area contributed by atoms with Crippen LogP contribution >= 0.6 is 23.2 Å². The number of benzene rings is 2. The molecule has 23 heavy (non-hydrogen) atoms. The Balaban J connectivity index is 1.70. The van der Waals surface area contributed by atoms with Gasteiger partial charge in [0.15, 0.2) is 0 Å². The van der Waals surface area contributed by atoms with Crippen molar-refractivity contribution in [3.63, 3.8) is 0 Å². The molecular weight excluding hydrogens is 331 g/mol. The van der Waals surface area contributed by atoms with Crippen LogP contribution in [0.25, 0.3) is 10.9 Å². The third-order valence-corrected chi connectivity index (χ3v) is 4.89. The minimum atomic E-state index is -0.0236. The van der Waals surface area contributed by atoms with Gasteiger partial charge in [0.1, 0.15) is 0 Å². The van der Waals surface area contributed by atoms with Crippen LogP contribution in [-0.2, 0) is 13.0 Å². The summed E-state index contributed by atoms with van der Waals surface area (Å²) in [5.41, 5.74) is 3.93. The van der Waals surface area contributed by atoms with Crippen molar-refractivity contribution in [2.75, 3.05) is 6.54 Å². The minimum absolute atomic E-state index is 0.0236. The van der Waals surface area contributed by atoms with Crippen LogP contribution in [0.2, 0.25) is 10.0 Å². The number of rotatable bonds is 1. The second-order valence-electron chi connectivity index (χ2n) is 5.73. The summed E-state index contributed by atoms with van der Waals surface area (Å²) in [6.07, 6.45) is 0.803. The molecule has 1 aromatic heterocycles. The van der Waals surface area contributed by atoms with Crippen LogP contribution in [0.15, 0.2) is 42.5 Å². The molecule has 0 atom stereocenters. The number of carbonyl (C=O) groups is 1. The van der Waals surface area contributed by atoms with Crippen LogP contribution in [0.4, 0.5) is 0 Å². The summed E-state index contributed by atoms with van der Waals surface area (Å²) in [5.74, 6) is -0.0236. The average molecular weight is 345 g/mol. The van der Waals surface area contributed by atoms with Crippen LogP contribution in [0.1, 0.15) is 21.6 Å². The van der Waals surface area contributed by atoms with Gasteiger partial charge >= 0.3 is 0 Å². The van der Waals surface area contributed by atoms with E-state index in [-0.39, 0.29) is 5.91 Å². The zero-order valence-electron chi connectivity index (χ0n) is 12.3. The van der Waals surface area contributed by atoms with Crippen LogP contribution < -0.4 is 0 Å². The molecule has 1 N–H and O–H groups in total. The van der Waals surface area contributed by atoms with E-state index in [1.165, 1.54) is 11.3 Å². The lowest BCUT2D eigenvalue weighted by molar-refractivity contribution is 0.0735. The molecule has 0 saturated carbocycles. The van der Waals surface area contributed by atoms with Gasteiger partial charge in [-0.25, -0.2) is 0 Å². The normalized spacial score (nSPS) is 14.1. The van der Waals surface area contributed by atoms with Crippen LogP contribution in [0.3, 0.4) is 0 Å². The molecule has 3 nitrogen and oxygen atoms in total. The number of nitrogens with one attached hydrogen (secondary N) is 1. The lowest BCUT2D eigenvalue weighted by atomic mass is 10.0. The number of aromatic nitrogens is 1. The van der Waals surface area contributed by atoms with Gasteiger partial charge in [-0.3, -0.25) is 4.79 Å². The number of halogens is 2. The standard InChI is InChI=1S/C18H14Cl2N2O/c19-11-5-6-12-14-10-22(8-7-16(14)21-17(12)9-11)18(23)13-3-1-2-4-15(13)20/h1-6,9,21H,7-8,10H2. The Kier molecular flexibility index (Phi) is 3.55. The van der Waals surface area contributed by atoms with Gasteiger partial charge in [0.25, 0.3) is 5.91 Å². The largest absolute Gasteiger partial charge is 0.358 e. The number of amides is 1. The first kappa shape index (κ1) is 14.6. The van der Waals surface area contributed by atoms with Crippen molar-refractivity contribution < 1.29 is 4.79 Å². The fraction of sp³-hybridized carbons (Fsp3) is 0.167. The van der Waals surface area contributed by atoms with Gasteiger partial charge in [-0.15, -0.1) is 0 Å². The van der Waals surface area contributed by atoms with E-state index in [0.717, 1.165) is 17.3 Å². The van der Waals surface area contributed by atoms with E-state index in [2.05, 4.69) is 4.98 Å². The maximum atomic E-state index is 12.8. The predicted molar refractivity (Wildman–Crippen MR) is 93.2 cm³/mol. The molecule has 2 aromatic carbocycles. The lowest BCUT2D eigenvalue weighted by Crippen LogP contribution is -2.35. The smallest absolute Gasteiger partial charge is 0.255 e. The van der Waals surface area contributed by atoms with E-state index in [9.17, 15) is 4.79 Å². The average Bonchev–Trinajstić information content (AvgIpc) is 2.91. The van der Waals surface area contributed by atoms with E-state index < -0.39 is 0 Å². The number of fused-ring (bicyclic) bond motifs is 3. The van der Waals surface area contributed by atoms with Crippen molar-refractivity contribution in [1.82, 2.24) is 9.88 Å². The first-order chi connectivity index (χ1) is 11.1. The Bertz CT molecular complexity index is 917. The predicted octanol–water partition coefficient (Wildman–Crippen LogP) is 4.67. The summed E-state index contributed by atoms with van der Waals surface area (Å²) in [6.45, 7) is 1.26. The molecular formula is C18H14Cl2N2O. The van der Waals surface area contributed by atoms with Crippen LogP contribution in [-0.4, -0.2) is 22.3 Å². The van der Waals surface area contributed by atoms with E-state index in [0.29, 0.717) is 28.7 Å². The summed E-state index contributed by atoms with van der Waals surface area (Å²) in [4.78, 5) is 18.0. The quantitative estimate of drug-likeness (QED) is 0.683. The zero-order valence-corrected chi connectivity index (χ0v) is 13.8. The third-order valence-electron chi connectivity index (χ3n) is 4.33. The van der Waals surface area contributed by atoms with Gasteiger partial charge in [0.2, 0.25) is 0 Å². The molecule has 1 amide bonds. The molecule has 0 saturated heterocycles. The van der Waals surface area contributed by atoms with Gasteiger partial charge in [-0.1, -0.05) is 41.4 Å². The molecule has 0 radical (unpaired) electrons. The first-order valence-corrected chi connectivity index (χ1v) is 8.22. The van der Waals surface area contributed by atoms with E-state index in [4.69, 9.17) is 23.2 Å². The van der Waals surface area contributed by atoms with Crippen LogP contribution in [0.5, 0.6) is 0 Å². The fourth-order valence-corrected chi connectivity index (χ4v) is 3.56. The summed E-state index contributed by atoms with van der Waals surface area (Å²) in [5, 5.41) is 2.33. The second-order valence-corrected chi connectivity index (χ2v) is 6.57. The summed E-state index contributed by atoms with van der Waals surface area (Å²) < 4.78 is 0. The maximum absolute atomic E-state index is 12.8. The van der Waals surface area contributed by atoms with Gasteiger partial charge in [0, 0.05) is 46.7 Å². The molecule has 0 bridgehead atoms. The highest BCUT2D eigenvalue weighted by Gasteiger charge is 2.25. The Morgan fingerprint density at radius 1 is 1.13 bits per heavy atom. The molecule has 0 unspecified atom stereocenters. The summed E-state index contributed by atoms with van der Waals surface area (Å²) in [6, 6.07) is 13.0. The van der Waals surface area contributed by atoms with Crippen molar-refractivity contribution >= 4 is 40.0 Å². The number of aromatic amines is 1. The molecule has 1 aliphatic heterocycles. The number of H-pyrrole nitrogens is 1. The van der Waals surface area contributed by atoms with Crippen molar-refractivity contribution in [3.05, 3.63) is 69.3 Å². The zero-order chi connectivity index (χ0) is 16.0. The summed E-state index contributed by atoms with van der Waals surface area (Å²) in [7, 11) is 0. The van der Waals surface area contributed by atoms with Gasteiger partial charge in [-0.05, 0) is 24.3 Å². The Hall–Kier alpha value is -1.97. The number of nitrogens with zero attached hydrogens (tertiary/aromatic N) is 1. The molecule has 0 spiro atoms. The second kappa shape index (κ2) is 5.59. The Morgan fingerprint density at radius 2 is 1.96 bits per heavy atom. The van der Waals surface area contributed by atoms with Gasteiger partial charge < -0.3 is 9.88 Å². The molecule has 4 rings (SSSR count). The highest BCUT2D eigenvalue weighted by Crippen LogP contribution is 2.30. The summed E-state index contributed by atoms with van der Waals surface area (Å²) >= 11 is 12.2. The fourth-order valence-electron chi connectivity index (χ4n) is 3.17. The molecule has 2 heterocycles.